The van der Waals surface area contributed by atoms with Crippen LogP contribution in [0.2, 0.25) is 0 Å². The van der Waals surface area contributed by atoms with Gasteiger partial charge in [-0.25, -0.2) is 0 Å². The number of benzene rings is 2. The molecule has 3 aromatic rings. The van der Waals surface area contributed by atoms with Crippen molar-refractivity contribution in [3.63, 3.8) is 0 Å². The summed E-state index contributed by atoms with van der Waals surface area (Å²) in [5, 5.41) is 15.5. The normalized spacial score (nSPS) is 14.5. The lowest BCUT2D eigenvalue weighted by atomic mass is 10.0. The number of rotatable bonds is 8. The first-order valence-corrected chi connectivity index (χ1v) is 11.1. The Labute approximate surface area is 173 Å². The molecule has 5 nitrogen and oxygen atoms in total. The van der Waals surface area contributed by atoms with Gasteiger partial charge in [0.05, 0.1) is 11.8 Å². The minimum Gasteiger partial charge on any atom is -0.357 e. The molecule has 1 amide bonds. The molecule has 0 radical (unpaired) electrons. The van der Waals surface area contributed by atoms with Gasteiger partial charge in [0.1, 0.15) is 0 Å². The summed E-state index contributed by atoms with van der Waals surface area (Å²) in [6.07, 6.45) is 2.41. The molecule has 0 spiro atoms. The van der Waals surface area contributed by atoms with Gasteiger partial charge in [-0.05, 0) is 36.5 Å². The molecule has 144 valence electrons. The molecule has 1 atom stereocenters. The van der Waals surface area contributed by atoms with Crippen LogP contribution in [0.1, 0.15) is 31.4 Å². The summed E-state index contributed by atoms with van der Waals surface area (Å²) < 4.78 is 0.818. The van der Waals surface area contributed by atoms with Crippen LogP contribution in [-0.2, 0) is 4.79 Å². The first-order chi connectivity index (χ1) is 13.7. The van der Waals surface area contributed by atoms with Gasteiger partial charge in [-0.15, -0.1) is 10.2 Å². The topological polar surface area (TPSA) is 66.9 Å². The summed E-state index contributed by atoms with van der Waals surface area (Å²) in [4.78, 5) is 12.3. The van der Waals surface area contributed by atoms with Gasteiger partial charge in [-0.1, -0.05) is 77.7 Å². The first kappa shape index (κ1) is 19.0. The van der Waals surface area contributed by atoms with Gasteiger partial charge in [0.25, 0.3) is 0 Å². The van der Waals surface area contributed by atoms with Crippen molar-refractivity contribution in [1.82, 2.24) is 15.5 Å². The molecule has 7 heteroatoms. The molecule has 1 aliphatic carbocycles. The minimum absolute atomic E-state index is 0.00321. The van der Waals surface area contributed by atoms with Crippen molar-refractivity contribution in [2.45, 2.75) is 36.2 Å². The van der Waals surface area contributed by atoms with E-state index in [0.29, 0.717) is 11.8 Å². The maximum absolute atomic E-state index is 12.3. The van der Waals surface area contributed by atoms with E-state index in [9.17, 15) is 4.79 Å². The molecule has 0 bridgehead atoms. The van der Waals surface area contributed by atoms with Crippen LogP contribution in [0.4, 0.5) is 5.13 Å². The van der Waals surface area contributed by atoms with Crippen LogP contribution in [-0.4, -0.2) is 27.9 Å². The zero-order valence-electron chi connectivity index (χ0n) is 15.6. The molecule has 28 heavy (non-hydrogen) atoms. The van der Waals surface area contributed by atoms with Crippen molar-refractivity contribution in [1.29, 1.82) is 0 Å². The third-order valence-electron chi connectivity index (χ3n) is 4.53. The van der Waals surface area contributed by atoms with E-state index in [4.69, 9.17) is 0 Å². The van der Waals surface area contributed by atoms with Crippen LogP contribution >= 0.6 is 23.1 Å². The Kier molecular flexibility index (Phi) is 5.92. The number of nitrogens with zero attached hydrogens (tertiary/aromatic N) is 2. The number of thioether (sulfide) groups is 1. The van der Waals surface area contributed by atoms with E-state index >= 15 is 0 Å². The van der Waals surface area contributed by atoms with Gasteiger partial charge < -0.3 is 10.6 Å². The third-order valence-corrected chi connectivity index (χ3v) is 6.52. The van der Waals surface area contributed by atoms with Gasteiger partial charge in [-0.2, -0.15) is 0 Å². The van der Waals surface area contributed by atoms with E-state index in [2.05, 4.69) is 57.2 Å². The zero-order chi connectivity index (χ0) is 19.3. The summed E-state index contributed by atoms with van der Waals surface area (Å²) in [5.74, 6) is 0.335. The van der Waals surface area contributed by atoms with Crippen molar-refractivity contribution in [3.8, 4) is 11.1 Å². The van der Waals surface area contributed by atoms with E-state index in [1.807, 2.05) is 25.1 Å². The average molecular weight is 411 g/mol. The predicted octanol–water partition coefficient (Wildman–Crippen LogP) is 4.75. The number of carbonyl (C=O) groups excluding carboxylic acids is 1. The fourth-order valence-corrected chi connectivity index (χ4v) is 4.46. The van der Waals surface area contributed by atoms with Gasteiger partial charge in [-0.3, -0.25) is 4.79 Å². The molecule has 4 rings (SSSR count). The van der Waals surface area contributed by atoms with E-state index in [1.54, 1.807) is 0 Å². The van der Waals surface area contributed by atoms with E-state index in [1.165, 1.54) is 47.1 Å². The second-order valence-electron chi connectivity index (χ2n) is 6.86. The number of hydrogen-bond donors (Lipinski definition) is 2. The summed E-state index contributed by atoms with van der Waals surface area (Å²) in [7, 11) is 0. The van der Waals surface area contributed by atoms with Gasteiger partial charge in [0, 0.05) is 6.04 Å². The number of carbonyl (C=O) groups is 1. The Balaban J connectivity index is 1.27. The molecule has 1 heterocycles. The molecule has 1 fully saturated rings. The van der Waals surface area contributed by atoms with Crippen molar-refractivity contribution in [3.05, 3.63) is 60.2 Å². The molecule has 0 saturated heterocycles. The van der Waals surface area contributed by atoms with E-state index in [0.717, 1.165) is 15.0 Å². The summed E-state index contributed by atoms with van der Waals surface area (Å²) in [6, 6.07) is 19.1. The van der Waals surface area contributed by atoms with Crippen LogP contribution < -0.4 is 10.6 Å². The van der Waals surface area contributed by atoms with Crippen molar-refractivity contribution >= 4 is 34.1 Å². The Morgan fingerprint density at radius 1 is 1.11 bits per heavy atom. The molecule has 2 aromatic carbocycles. The molecule has 1 saturated carbocycles. The van der Waals surface area contributed by atoms with Crippen LogP contribution in [0.25, 0.3) is 11.1 Å². The summed E-state index contributed by atoms with van der Waals surface area (Å²) in [5.41, 5.74) is 3.45. The number of anilines is 1. The zero-order valence-corrected chi connectivity index (χ0v) is 17.2. The van der Waals surface area contributed by atoms with E-state index < -0.39 is 0 Å². The Morgan fingerprint density at radius 2 is 1.82 bits per heavy atom. The fraction of sp³-hybridized carbons (Fsp3) is 0.286. The lowest BCUT2D eigenvalue weighted by Gasteiger charge is -2.14. The highest BCUT2D eigenvalue weighted by Crippen LogP contribution is 2.30. The number of amides is 1. The second-order valence-corrected chi connectivity index (χ2v) is 9.06. The molecule has 1 aliphatic rings. The van der Waals surface area contributed by atoms with Crippen LogP contribution in [0.3, 0.4) is 0 Å². The van der Waals surface area contributed by atoms with Crippen LogP contribution in [0.5, 0.6) is 0 Å². The van der Waals surface area contributed by atoms with Crippen molar-refractivity contribution in [2.24, 2.45) is 0 Å². The van der Waals surface area contributed by atoms with Crippen molar-refractivity contribution in [2.75, 3.05) is 11.1 Å². The van der Waals surface area contributed by atoms with Gasteiger partial charge >= 0.3 is 0 Å². The highest BCUT2D eigenvalue weighted by molar-refractivity contribution is 8.01. The van der Waals surface area contributed by atoms with Crippen molar-refractivity contribution < 1.29 is 4.79 Å². The van der Waals surface area contributed by atoms with Crippen LogP contribution in [0.15, 0.2) is 58.9 Å². The summed E-state index contributed by atoms with van der Waals surface area (Å²) in [6.45, 7) is 2.00. The molecule has 2 N–H and O–H groups in total. The Morgan fingerprint density at radius 3 is 2.54 bits per heavy atom. The third kappa shape index (κ3) is 5.11. The molecule has 1 aromatic heterocycles. The Hall–Kier alpha value is -2.38. The largest absolute Gasteiger partial charge is 0.357 e. The van der Waals surface area contributed by atoms with Gasteiger partial charge in [0.2, 0.25) is 11.0 Å². The summed E-state index contributed by atoms with van der Waals surface area (Å²) >= 11 is 2.93. The maximum Gasteiger partial charge on any atom is 0.230 e. The SMILES string of the molecule is CC(NC(=O)CSc1nnc(NC2CC2)s1)c1ccc(-c2ccccc2)cc1. The number of aromatic nitrogens is 2. The maximum atomic E-state index is 12.3. The monoisotopic (exact) mass is 410 g/mol. The highest BCUT2D eigenvalue weighted by atomic mass is 32.2. The molecular formula is C21H22N4OS2. The average Bonchev–Trinajstić information content (AvgIpc) is 3.43. The second kappa shape index (κ2) is 8.75. The highest BCUT2D eigenvalue weighted by Gasteiger charge is 2.22. The molecule has 0 aliphatic heterocycles. The Bertz CT molecular complexity index is 923. The smallest absolute Gasteiger partial charge is 0.230 e. The lowest BCUT2D eigenvalue weighted by Crippen LogP contribution is -2.28. The molecular weight excluding hydrogens is 388 g/mol. The van der Waals surface area contributed by atoms with E-state index in [-0.39, 0.29) is 11.9 Å². The fourth-order valence-electron chi connectivity index (χ4n) is 2.82. The predicted molar refractivity (Wildman–Crippen MR) is 116 cm³/mol. The van der Waals surface area contributed by atoms with Crippen LogP contribution in [0, 0.1) is 0 Å². The van der Waals surface area contributed by atoms with Gasteiger partial charge in [0.15, 0.2) is 4.34 Å². The quantitative estimate of drug-likeness (QED) is 0.525. The lowest BCUT2D eigenvalue weighted by molar-refractivity contribution is -0.119. The number of nitrogens with one attached hydrogen (secondary N) is 2. The number of hydrogen-bond acceptors (Lipinski definition) is 6. The standard InChI is InChI=1S/C21H22N4OS2/c1-14(15-7-9-17(10-8-15)16-5-3-2-4-6-16)22-19(26)13-27-21-25-24-20(28-21)23-18-11-12-18/h2-10,14,18H,11-13H2,1H3,(H,22,26)(H,23,24). The first-order valence-electron chi connectivity index (χ1n) is 9.35. The minimum atomic E-state index is -0.0422. The molecule has 1 unspecified atom stereocenters.